The predicted octanol–water partition coefficient (Wildman–Crippen LogP) is 13.9. The number of H-pyrrole nitrogens is 2. The van der Waals surface area contributed by atoms with E-state index in [1.165, 1.54) is 142 Å². The quantitative estimate of drug-likeness (QED) is 0.00873. The van der Waals surface area contributed by atoms with Crippen molar-refractivity contribution in [2.75, 3.05) is 52.7 Å². The average molecular weight is 2060 g/mol. The first kappa shape index (κ1) is 112. The van der Waals surface area contributed by atoms with E-state index in [2.05, 4.69) is 110 Å². The van der Waals surface area contributed by atoms with Crippen molar-refractivity contribution in [3.8, 4) is 0 Å². The van der Waals surface area contributed by atoms with E-state index in [9.17, 15) is 93.3 Å². The van der Waals surface area contributed by atoms with Gasteiger partial charge in [0.05, 0.1) is 72.3 Å². The van der Waals surface area contributed by atoms with Crippen LogP contribution >= 0.6 is 77.3 Å². The highest BCUT2D eigenvalue weighted by molar-refractivity contribution is 9.10. The summed E-state index contributed by atoms with van der Waals surface area (Å²) in [5.41, 5.74) is 6.85. The van der Waals surface area contributed by atoms with Gasteiger partial charge in [-0.25, -0.2) is 103 Å². The summed E-state index contributed by atoms with van der Waals surface area (Å²) in [5.74, 6) is -5.21. The van der Waals surface area contributed by atoms with E-state index in [0.717, 1.165) is 46.7 Å². The van der Waals surface area contributed by atoms with Crippen molar-refractivity contribution < 1.29 is 113 Å². The molecule has 10 aromatic rings. The summed E-state index contributed by atoms with van der Waals surface area (Å²) in [6.45, 7) is 13.5. The van der Waals surface area contributed by atoms with Crippen molar-refractivity contribution in [3.63, 3.8) is 0 Å². The molecule has 4 heterocycles. The predicted molar refractivity (Wildman–Crippen MR) is 479 cm³/mol. The number of sulfone groups is 1. The number of aromatic nitrogens is 4. The molecule has 0 aliphatic carbocycles. The van der Waals surface area contributed by atoms with E-state index in [-0.39, 0.29) is 69.2 Å². The minimum absolute atomic E-state index is 0.0270. The lowest BCUT2D eigenvalue weighted by molar-refractivity contribution is -0.127. The number of ether oxygens (including phenoxy) is 2. The van der Waals surface area contributed by atoms with Crippen LogP contribution in [0.1, 0.15) is 154 Å². The number of sulfonamides is 4. The van der Waals surface area contributed by atoms with E-state index in [4.69, 9.17) is 38.2 Å². The third kappa shape index (κ3) is 38.9. The summed E-state index contributed by atoms with van der Waals surface area (Å²) in [6.07, 6.45) is 11.7. The summed E-state index contributed by atoms with van der Waals surface area (Å²) >= 11 is 20.9. The fraction of sp³-hybridized carbons (Fsp3) is 0.266. The molecule has 0 saturated heterocycles. The molecule has 0 fully saturated rings. The van der Waals surface area contributed by atoms with Gasteiger partial charge in [-0.3, -0.25) is 19.2 Å². The van der Waals surface area contributed by atoms with Gasteiger partial charge in [0, 0.05) is 92.5 Å². The largest absolute Gasteiger partial charge is 0.478 e. The molecule has 0 bridgehead atoms. The number of hydrogen-bond donors (Lipinski definition) is 9. The lowest BCUT2D eigenvalue weighted by Gasteiger charge is -2.08. The first-order chi connectivity index (χ1) is 58.6. The van der Waals surface area contributed by atoms with Crippen molar-refractivity contribution in [2.45, 2.75) is 116 Å². The molecule has 125 heavy (non-hydrogen) atoms. The number of fused-ring (bicyclic) bond motifs is 2. The molecule has 46 heteroatoms. The van der Waals surface area contributed by atoms with Gasteiger partial charge in [0.1, 0.15) is 16.2 Å². The molecule has 0 unspecified atom stereocenters. The molecule has 0 atom stereocenters. The SMILES string of the molecule is Brc1cnc2[nH]ccc2c1.CCCCS(=O)(=O)c1cccc(C(=O)c2c[nH]c3ncc(Br)cc23)c1F.CCCN.CCCNS(=O)(=O)c1cccc(C(=O)Cl)c1.CCCNS(=O)(=O)c1cccc(C(=O)O)c1.CCCNS(=O)(=O)c1cccc(C(=O)O)c1.CCCNS(=O)(=O)c1cccc(C(=O)OC)c1.COC(=O)c1cccc(S(=O)(=O)Cl)c1.O=C(Cl)C(=O)Cl. The van der Waals surface area contributed by atoms with Gasteiger partial charge in [0.25, 0.3) is 14.3 Å². The van der Waals surface area contributed by atoms with Crippen LogP contribution in [0, 0.1) is 5.82 Å². The second-order valence-electron chi connectivity index (χ2n) is 24.8. The number of carbonyl (C=O) groups is 8. The van der Waals surface area contributed by atoms with Crippen molar-refractivity contribution >= 4 is 204 Å². The Bertz CT molecular complexity index is 5850. The van der Waals surface area contributed by atoms with Gasteiger partial charge in [-0.2, -0.15) is 0 Å². The van der Waals surface area contributed by atoms with Crippen molar-refractivity contribution in [1.29, 1.82) is 0 Å². The molecule has 4 aromatic heterocycles. The van der Waals surface area contributed by atoms with Crippen LogP contribution in [0.15, 0.2) is 221 Å². The van der Waals surface area contributed by atoms with Gasteiger partial charge in [0.15, 0.2) is 21.4 Å². The molecule has 0 spiro atoms. The smallest absolute Gasteiger partial charge is 0.337 e. The number of unbranched alkanes of at least 4 members (excludes halogenated alkanes) is 1. The van der Waals surface area contributed by atoms with Gasteiger partial charge in [-0.05, 0) is 227 Å². The van der Waals surface area contributed by atoms with Gasteiger partial charge >= 0.3 is 34.4 Å². The second kappa shape index (κ2) is 55.4. The highest BCUT2D eigenvalue weighted by Crippen LogP contribution is 2.28. The van der Waals surface area contributed by atoms with Crippen LogP contribution in [0.2, 0.25) is 0 Å². The summed E-state index contributed by atoms with van der Waals surface area (Å²) in [5, 5.41) is 16.2. The number of aromatic amines is 2. The molecule has 33 nitrogen and oxygen atoms in total. The number of esters is 2. The zero-order chi connectivity index (χ0) is 94.6. The number of methoxy groups -OCH3 is 2. The van der Waals surface area contributed by atoms with Gasteiger partial charge in [-0.1, -0.05) is 90.4 Å². The molecule has 0 amide bonds. The highest BCUT2D eigenvalue weighted by atomic mass is 79.9. The number of aromatic carboxylic acids is 2. The van der Waals surface area contributed by atoms with Crippen LogP contribution in [0.5, 0.6) is 0 Å². The Kier molecular flexibility index (Phi) is 49.6. The Labute approximate surface area is 759 Å². The van der Waals surface area contributed by atoms with Crippen molar-refractivity contribution in [2.24, 2.45) is 5.73 Å². The minimum Gasteiger partial charge on any atom is -0.478 e. The number of hydrogen-bond acceptors (Lipinski definition) is 25. The monoisotopic (exact) mass is 2060 g/mol. The number of carboxylic acids is 2. The Morgan fingerprint density at radius 1 is 0.464 bits per heavy atom. The maximum absolute atomic E-state index is 14.9. The third-order valence-electron chi connectivity index (χ3n) is 15.3. The molecule has 0 radical (unpaired) electrons. The number of ketones is 1. The van der Waals surface area contributed by atoms with Gasteiger partial charge < -0.3 is 35.4 Å². The van der Waals surface area contributed by atoms with Gasteiger partial charge in [0.2, 0.25) is 40.1 Å². The Morgan fingerprint density at radius 3 is 1.19 bits per heavy atom. The van der Waals surface area contributed by atoms with Crippen molar-refractivity contribution in [1.82, 2.24) is 38.8 Å². The fourth-order valence-corrected chi connectivity index (χ4v) is 16.9. The Balaban J connectivity index is 0.000000491. The first-order valence-electron chi connectivity index (χ1n) is 36.8. The first-order valence-corrected chi connectivity index (χ1v) is 49.4. The maximum atomic E-state index is 14.9. The van der Waals surface area contributed by atoms with E-state index in [1.807, 2.05) is 52.9 Å². The summed E-state index contributed by atoms with van der Waals surface area (Å²) in [4.78, 5) is 99.9. The number of carbonyl (C=O) groups excluding carboxylic acids is 6. The topological polar surface area (TPSA) is 532 Å². The normalized spacial score (nSPS) is 11.0. The van der Waals surface area contributed by atoms with E-state index < -0.39 is 115 Å². The number of benzene rings is 6. The minimum atomic E-state index is -3.80. The average Bonchev–Trinajstić information content (AvgIpc) is 1.76. The molecule has 6 aromatic carbocycles. The second-order valence-corrected chi connectivity index (χ2v) is 39.4. The van der Waals surface area contributed by atoms with Crippen LogP contribution in [0.4, 0.5) is 4.39 Å². The van der Waals surface area contributed by atoms with Crippen LogP contribution in [-0.2, 0) is 78.0 Å². The lowest BCUT2D eigenvalue weighted by atomic mass is 10.0. The van der Waals surface area contributed by atoms with Crippen LogP contribution < -0.4 is 24.6 Å². The summed E-state index contributed by atoms with van der Waals surface area (Å²) in [6, 6.07) is 36.8. The van der Waals surface area contributed by atoms with E-state index in [0.29, 0.717) is 80.2 Å². The Hall–Kier alpha value is -9.19. The Morgan fingerprint density at radius 2 is 0.824 bits per heavy atom. The summed E-state index contributed by atoms with van der Waals surface area (Å²) in [7, 11) is -14.3. The van der Waals surface area contributed by atoms with Gasteiger partial charge in [-0.15, -0.1) is 0 Å². The summed E-state index contributed by atoms with van der Waals surface area (Å²) < 4.78 is 175. The maximum Gasteiger partial charge on any atom is 0.337 e. The molecule has 680 valence electrons. The third-order valence-corrected chi connectivity index (χ3v) is 25.8. The zero-order valence-electron chi connectivity index (χ0n) is 68.0. The number of nitrogens with one attached hydrogen (secondary N) is 6. The number of carboxylic acid groups (broad SMARTS) is 2. The van der Waals surface area contributed by atoms with E-state index >= 15 is 0 Å². The molecule has 0 aliphatic heterocycles. The molecule has 10 rings (SSSR count). The molecule has 0 saturated carbocycles. The highest BCUT2D eigenvalue weighted by Gasteiger charge is 2.27. The molecule has 10 N–H and O–H groups in total. The van der Waals surface area contributed by atoms with Crippen LogP contribution in [0.3, 0.4) is 0 Å². The lowest BCUT2D eigenvalue weighted by Crippen LogP contribution is -2.24. The van der Waals surface area contributed by atoms with Crippen molar-refractivity contribution in [3.05, 3.63) is 236 Å². The number of halogens is 7. The van der Waals surface area contributed by atoms with Crippen LogP contribution in [0.25, 0.3) is 22.1 Å². The molecular formula is C79H90Br2Cl4FN9O24S6. The molecule has 0 aliphatic rings. The van der Waals surface area contributed by atoms with Crippen LogP contribution in [-0.4, -0.2) is 179 Å². The molecular weight excluding hydrogens is 1970 g/mol. The number of rotatable bonds is 30. The fourth-order valence-electron chi connectivity index (χ4n) is 9.05. The number of pyridine rings is 2. The number of nitrogens with zero attached hydrogens (tertiary/aromatic N) is 2. The standard InChI is InChI=1S/C18H16BrFN2O3S.C11H15NO4S.C10H12ClNO3S.2C10H13NO4S.C8H7ClO4S.C7H5BrN2.C3H9N.C2Cl2O2/c1-2-3-7-26(24,25)15-6-4-5-12(16(15)20)17(23)14-10-22-18-13(14)8-11(19)9-21-18;1-3-7-12-17(14,15)10-6-4-5-9(8-10)11(13)16-2;1-2-6-12-16(14,15)9-5-3-4-8(7-9)10(11)13;2*1-2-6-11-16(14,15)9-5-3-4-8(7-9)10(12)13;1-13-8(10)6-3-2-4-7(5-6)14(9,11)12;8-6-3-5-1-2-9-7(5)10-4-6;1-2-3-4;3-1(5)2(4)6/h4-6,8-10H,2-3,7H2,1H3,(H,21,22);4-6,8,12H,3,7H2,1-2H3;3-5,7,12H,2,6H2,1H3;2*3-5,7,11H,2,6H2,1H3,(H,12,13);2-5H,1H3;1-4H,(H,9,10);2-4H2,1H3;. The number of nitrogens with two attached hydrogens (primary N) is 1. The van der Waals surface area contributed by atoms with E-state index in [1.54, 1.807) is 18.5 Å². The zero-order valence-corrected chi connectivity index (χ0v) is 79.1.